The quantitative estimate of drug-likeness (QED) is 0.130. The number of rotatable bonds is 7. The maximum atomic E-state index is 12.1. The highest BCUT2D eigenvalue weighted by molar-refractivity contribution is 7.81. The molecule has 0 aliphatic heterocycles. The molecule has 3 aromatic carbocycles. The summed E-state index contributed by atoms with van der Waals surface area (Å²) < 4.78 is 25.3. The number of nitrogens with zero attached hydrogens (tertiary/aromatic N) is 4. The molecule has 0 saturated carbocycles. The Kier molecular flexibility index (Phi) is 7.81. The summed E-state index contributed by atoms with van der Waals surface area (Å²) >= 11 is -2.50. The summed E-state index contributed by atoms with van der Waals surface area (Å²) in [5.41, 5.74) is 4.68. The minimum Gasteiger partial charge on any atom is -0.755 e. The summed E-state index contributed by atoms with van der Waals surface area (Å²) in [6, 6.07) is 27.8. The van der Waals surface area contributed by atoms with E-state index >= 15 is 0 Å². The molecule has 0 aliphatic rings. The predicted molar refractivity (Wildman–Crippen MR) is 137 cm³/mol. The van der Waals surface area contributed by atoms with Crippen LogP contribution in [0.4, 0.5) is 17.1 Å². The van der Waals surface area contributed by atoms with Crippen molar-refractivity contribution in [2.75, 3.05) is 9.62 Å². The van der Waals surface area contributed by atoms with Crippen LogP contribution in [0, 0.1) is 11.5 Å². The van der Waals surface area contributed by atoms with E-state index in [1.165, 1.54) is 4.31 Å². The first-order chi connectivity index (χ1) is 17.1. The topological polar surface area (TPSA) is 116 Å². The molecule has 8 nitrogen and oxygen atoms in total. The molecule has 1 unspecified atom stereocenters. The van der Waals surface area contributed by atoms with Crippen LogP contribution in [0.25, 0.3) is 11.1 Å². The molecule has 0 bridgehead atoms. The van der Waals surface area contributed by atoms with Crippen LogP contribution < -0.4 is 14.9 Å². The Bertz CT molecular complexity index is 1340. The summed E-state index contributed by atoms with van der Waals surface area (Å²) in [5, 5.41) is 14.5. The molecule has 0 saturated heterocycles. The first kappa shape index (κ1) is 23.6. The fraction of sp³-hybridized carbons (Fsp3) is 0.0385. The van der Waals surface area contributed by atoms with Gasteiger partial charge in [-0.1, -0.05) is 54.6 Å². The van der Waals surface area contributed by atoms with Gasteiger partial charge < -0.3 is 9.87 Å². The zero-order chi connectivity index (χ0) is 24.5. The van der Waals surface area contributed by atoms with Crippen molar-refractivity contribution in [1.82, 2.24) is 10.3 Å². The molecule has 174 valence electrons. The summed E-state index contributed by atoms with van der Waals surface area (Å²) in [5.74, 6) is 0.295. The zero-order valence-electron chi connectivity index (χ0n) is 18.5. The van der Waals surface area contributed by atoms with Gasteiger partial charge in [-0.2, -0.15) is 5.26 Å². The number of guanidine groups is 1. The molecule has 1 aromatic heterocycles. The van der Waals surface area contributed by atoms with Gasteiger partial charge in [0.05, 0.1) is 29.2 Å². The van der Waals surface area contributed by atoms with Crippen LogP contribution in [0.2, 0.25) is 0 Å². The van der Waals surface area contributed by atoms with Crippen molar-refractivity contribution < 1.29 is 8.76 Å². The number of aliphatic imine (C=N–C) groups is 1. The Balaban J connectivity index is 1.49. The van der Waals surface area contributed by atoms with Crippen molar-refractivity contribution in [3.05, 3.63) is 109 Å². The van der Waals surface area contributed by atoms with Crippen molar-refractivity contribution in [3.8, 4) is 17.3 Å². The number of hydrogen-bond acceptors (Lipinski definition) is 5. The average molecular weight is 482 g/mol. The van der Waals surface area contributed by atoms with Crippen LogP contribution in [-0.4, -0.2) is 19.7 Å². The Morgan fingerprint density at radius 3 is 2.11 bits per heavy atom. The van der Waals surface area contributed by atoms with E-state index < -0.39 is 11.3 Å². The van der Waals surface area contributed by atoms with Gasteiger partial charge in [-0.15, -0.1) is 0 Å². The molecule has 2 N–H and O–H groups in total. The SMILES string of the molecule is N#CNC(=NCc1ccc(N(c2ccc(-c3ccccc3)cc2)S(=O)[O-])cc1)Nc1ccncc1. The minimum absolute atomic E-state index is 0.286. The molecular formula is C26H21N6O2S-. The fourth-order valence-electron chi connectivity index (χ4n) is 3.38. The van der Waals surface area contributed by atoms with Gasteiger partial charge in [0.15, 0.2) is 6.19 Å². The summed E-state index contributed by atoms with van der Waals surface area (Å²) in [7, 11) is 0. The molecule has 4 rings (SSSR count). The van der Waals surface area contributed by atoms with E-state index in [1.807, 2.05) is 48.7 Å². The molecule has 1 atom stereocenters. The third-order valence-corrected chi connectivity index (χ3v) is 5.79. The zero-order valence-corrected chi connectivity index (χ0v) is 19.4. The third-order valence-electron chi connectivity index (χ3n) is 5.07. The average Bonchev–Trinajstić information content (AvgIpc) is 2.90. The monoisotopic (exact) mass is 481 g/mol. The lowest BCUT2D eigenvalue weighted by Gasteiger charge is -2.26. The van der Waals surface area contributed by atoms with E-state index in [-0.39, 0.29) is 6.54 Å². The van der Waals surface area contributed by atoms with Crippen LogP contribution in [0.3, 0.4) is 0 Å². The first-order valence-corrected chi connectivity index (χ1v) is 11.7. The summed E-state index contributed by atoms with van der Waals surface area (Å²) in [6.07, 6.45) is 5.12. The van der Waals surface area contributed by atoms with Crippen LogP contribution in [0.15, 0.2) is 108 Å². The van der Waals surface area contributed by atoms with Crippen molar-refractivity contribution in [3.63, 3.8) is 0 Å². The van der Waals surface area contributed by atoms with Crippen LogP contribution >= 0.6 is 0 Å². The number of aromatic nitrogens is 1. The number of pyridine rings is 1. The smallest absolute Gasteiger partial charge is 0.209 e. The van der Waals surface area contributed by atoms with Gasteiger partial charge in [0, 0.05) is 18.1 Å². The van der Waals surface area contributed by atoms with Gasteiger partial charge in [0.1, 0.15) is 0 Å². The second-order valence-corrected chi connectivity index (χ2v) is 8.15. The summed E-state index contributed by atoms with van der Waals surface area (Å²) in [6.45, 7) is 0.286. The molecule has 0 fully saturated rings. The number of nitriles is 1. The van der Waals surface area contributed by atoms with Gasteiger partial charge in [-0.25, -0.2) is 4.99 Å². The molecule has 35 heavy (non-hydrogen) atoms. The van der Waals surface area contributed by atoms with E-state index in [0.29, 0.717) is 17.3 Å². The Hall–Kier alpha value is -4.52. The van der Waals surface area contributed by atoms with Gasteiger partial charge >= 0.3 is 0 Å². The maximum absolute atomic E-state index is 12.1. The van der Waals surface area contributed by atoms with Gasteiger partial charge in [-0.3, -0.25) is 18.8 Å². The Labute approximate surface area is 206 Å². The standard InChI is InChI=1S/C26H22N6O2S/c27-19-30-26(31-23-14-16-28-17-15-23)29-18-20-6-10-24(11-7-20)32(35(33)34)25-12-8-22(9-13-25)21-4-2-1-3-5-21/h1-17H,18H2,(H,33,34)(H2,28,29,30,31)/p-1. The number of anilines is 3. The highest BCUT2D eigenvalue weighted by atomic mass is 32.2. The van der Waals surface area contributed by atoms with Crippen LogP contribution in [-0.2, 0) is 17.8 Å². The molecule has 0 aliphatic carbocycles. The predicted octanol–water partition coefficient (Wildman–Crippen LogP) is 4.72. The first-order valence-electron chi connectivity index (χ1n) is 10.6. The van der Waals surface area contributed by atoms with Crippen molar-refractivity contribution in [2.45, 2.75) is 6.54 Å². The molecule has 9 heteroatoms. The molecule has 0 spiro atoms. The van der Waals surface area contributed by atoms with Crippen LogP contribution in [0.1, 0.15) is 5.56 Å². The number of nitrogens with one attached hydrogen (secondary N) is 2. The molecule has 4 aromatic rings. The van der Waals surface area contributed by atoms with E-state index in [2.05, 4.69) is 20.6 Å². The van der Waals surface area contributed by atoms with Crippen molar-refractivity contribution in [1.29, 1.82) is 5.26 Å². The van der Waals surface area contributed by atoms with E-state index in [4.69, 9.17) is 5.26 Å². The molecule has 0 amide bonds. The second-order valence-electron chi connectivity index (χ2n) is 7.35. The number of hydrogen-bond donors (Lipinski definition) is 2. The van der Waals surface area contributed by atoms with E-state index in [1.54, 1.807) is 60.9 Å². The van der Waals surface area contributed by atoms with Crippen molar-refractivity contribution in [2.24, 2.45) is 4.99 Å². The van der Waals surface area contributed by atoms with Gasteiger partial charge in [-0.05, 0) is 53.1 Å². The molecule has 1 heterocycles. The lowest BCUT2D eigenvalue weighted by molar-refractivity contribution is 0.537. The lowest BCUT2D eigenvalue weighted by atomic mass is 10.1. The van der Waals surface area contributed by atoms with Crippen molar-refractivity contribution >= 4 is 34.3 Å². The van der Waals surface area contributed by atoms with Gasteiger partial charge in [0.25, 0.3) is 0 Å². The lowest BCUT2D eigenvalue weighted by Crippen LogP contribution is -2.26. The van der Waals surface area contributed by atoms with Crippen LogP contribution in [0.5, 0.6) is 0 Å². The molecule has 0 radical (unpaired) electrons. The Morgan fingerprint density at radius 2 is 1.51 bits per heavy atom. The van der Waals surface area contributed by atoms with E-state index in [0.717, 1.165) is 22.4 Å². The largest absolute Gasteiger partial charge is 0.755 e. The highest BCUT2D eigenvalue weighted by Crippen LogP contribution is 2.29. The minimum atomic E-state index is -2.50. The Morgan fingerprint density at radius 1 is 0.914 bits per heavy atom. The second kappa shape index (κ2) is 11.6. The van der Waals surface area contributed by atoms with E-state index in [9.17, 15) is 8.76 Å². The maximum Gasteiger partial charge on any atom is 0.209 e. The van der Waals surface area contributed by atoms with Gasteiger partial charge in [0.2, 0.25) is 5.96 Å². The highest BCUT2D eigenvalue weighted by Gasteiger charge is 2.11. The normalized spacial score (nSPS) is 11.8. The fourth-order valence-corrected chi connectivity index (χ4v) is 3.97. The molecular weight excluding hydrogens is 460 g/mol. The summed E-state index contributed by atoms with van der Waals surface area (Å²) in [4.78, 5) is 8.36. The third kappa shape index (κ3) is 6.29. The number of benzene rings is 3.